The number of hydrogen-bond acceptors (Lipinski definition) is 2. The van der Waals surface area contributed by atoms with Gasteiger partial charge in [-0.15, -0.1) is 0 Å². The molecule has 1 aromatic heterocycles. The van der Waals surface area contributed by atoms with E-state index in [2.05, 4.69) is 31.5 Å². The van der Waals surface area contributed by atoms with Crippen molar-refractivity contribution in [2.24, 2.45) is 0 Å². The second-order valence-corrected chi connectivity index (χ2v) is 3.66. The molecule has 2 N–H and O–H groups in total. The highest BCUT2D eigenvalue weighted by molar-refractivity contribution is 9.10. The van der Waals surface area contributed by atoms with Crippen LogP contribution >= 0.6 is 15.9 Å². The molecular weight excluding hydrogens is 246 g/mol. The molecule has 1 heterocycles. The molecule has 1 aromatic rings. The molecule has 0 unspecified atom stereocenters. The lowest BCUT2D eigenvalue weighted by Crippen LogP contribution is -2.29. The lowest BCUT2D eigenvalue weighted by Gasteiger charge is -2.05. The van der Waals surface area contributed by atoms with Crippen molar-refractivity contribution in [1.29, 1.82) is 0 Å². The van der Waals surface area contributed by atoms with Gasteiger partial charge in [-0.1, -0.05) is 6.92 Å². The molecule has 1 rings (SSSR count). The molecule has 0 bridgehead atoms. The van der Waals surface area contributed by atoms with E-state index in [1.807, 2.05) is 13.0 Å². The van der Waals surface area contributed by atoms with Crippen LogP contribution in [-0.2, 0) is 0 Å². The lowest BCUT2D eigenvalue weighted by atomic mass is 10.4. The van der Waals surface area contributed by atoms with Crippen LogP contribution in [0.5, 0.6) is 0 Å². The SMILES string of the molecule is CCCNC(=O)Nc1ccc(Br)cn1. The minimum Gasteiger partial charge on any atom is -0.338 e. The van der Waals surface area contributed by atoms with Crippen molar-refractivity contribution in [3.8, 4) is 0 Å². The molecule has 0 aliphatic rings. The summed E-state index contributed by atoms with van der Waals surface area (Å²) in [5, 5.41) is 5.32. The van der Waals surface area contributed by atoms with Crippen LogP contribution in [0.25, 0.3) is 0 Å². The van der Waals surface area contributed by atoms with Crippen LogP contribution in [0.1, 0.15) is 13.3 Å². The van der Waals surface area contributed by atoms with Crippen LogP contribution in [-0.4, -0.2) is 17.6 Å². The van der Waals surface area contributed by atoms with E-state index in [-0.39, 0.29) is 6.03 Å². The third kappa shape index (κ3) is 3.74. The molecule has 0 radical (unpaired) electrons. The molecule has 76 valence electrons. The fourth-order valence-corrected chi connectivity index (χ4v) is 1.08. The van der Waals surface area contributed by atoms with Gasteiger partial charge < -0.3 is 5.32 Å². The van der Waals surface area contributed by atoms with E-state index in [1.165, 1.54) is 0 Å². The summed E-state index contributed by atoms with van der Waals surface area (Å²) in [6, 6.07) is 3.33. The largest absolute Gasteiger partial charge is 0.338 e. The van der Waals surface area contributed by atoms with E-state index in [0.717, 1.165) is 10.9 Å². The highest BCUT2D eigenvalue weighted by Crippen LogP contribution is 2.09. The third-order valence-electron chi connectivity index (χ3n) is 1.50. The Morgan fingerprint density at radius 2 is 2.36 bits per heavy atom. The Morgan fingerprint density at radius 3 is 2.93 bits per heavy atom. The maximum atomic E-state index is 11.2. The van der Waals surface area contributed by atoms with Crippen LogP contribution in [0.4, 0.5) is 10.6 Å². The van der Waals surface area contributed by atoms with Crippen LogP contribution in [0, 0.1) is 0 Å². The molecule has 0 aromatic carbocycles. The Kier molecular flexibility index (Phi) is 4.39. The van der Waals surface area contributed by atoms with Crippen LogP contribution in [0.2, 0.25) is 0 Å². The van der Waals surface area contributed by atoms with E-state index in [1.54, 1.807) is 12.3 Å². The lowest BCUT2D eigenvalue weighted by molar-refractivity contribution is 0.252. The molecule has 0 spiro atoms. The first-order chi connectivity index (χ1) is 6.72. The topological polar surface area (TPSA) is 54.0 Å². The molecule has 0 saturated carbocycles. The number of nitrogens with one attached hydrogen (secondary N) is 2. The predicted octanol–water partition coefficient (Wildman–Crippen LogP) is 2.38. The molecule has 2 amide bonds. The maximum absolute atomic E-state index is 11.2. The van der Waals surface area contributed by atoms with Crippen molar-refractivity contribution in [3.63, 3.8) is 0 Å². The number of amides is 2. The van der Waals surface area contributed by atoms with E-state index < -0.39 is 0 Å². The highest BCUT2D eigenvalue weighted by Gasteiger charge is 2.00. The Balaban J connectivity index is 2.44. The smallest absolute Gasteiger partial charge is 0.320 e. The first-order valence-electron chi connectivity index (χ1n) is 4.38. The number of nitrogens with zero attached hydrogens (tertiary/aromatic N) is 1. The minimum atomic E-state index is -0.221. The molecule has 0 atom stereocenters. The maximum Gasteiger partial charge on any atom is 0.320 e. The number of carbonyl (C=O) groups is 1. The van der Waals surface area contributed by atoms with Gasteiger partial charge in [0.2, 0.25) is 0 Å². The standard InChI is InChI=1S/C9H12BrN3O/c1-2-5-11-9(14)13-8-4-3-7(10)6-12-8/h3-4,6H,2,5H2,1H3,(H2,11,12,13,14). The summed E-state index contributed by atoms with van der Waals surface area (Å²) in [4.78, 5) is 15.2. The summed E-state index contributed by atoms with van der Waals surface area (Å²) in [5.74, 6) is 0.543. The van der Waals surface area contributed by atoms with Crippen molar-refractivity contribution < 1.29 is 4.79 Å². The second kappa shape index (κ2) is 5.59. The number of hydrogen-bond donors (Lipinski definition) is 2. The van der Waals surface area contributed by atoms with Gasteiger partial charge in [0.05, 0.1) is 0 Å². The molecule has 0 saturated heterocycles. The van der Waals surface area contributed by atoms with Crippen LogP contribution in [0.15, 0.2) is 22.8 Å². The van der Waals surface area contributed by atoms with Crippen molar-refractivity contribution >= 4 is 27.8 Å². The zero-order valence-electron chi connectivity index (χ0n) is 7.88. The number of pyridine rings is 1. The normalized spacial score (nSPS) is 9.57. The average molecular weight is 258 g/mol. The Morgan fingerprint density at radius 1 is 1.57 bits per heavy atom. The molecule has 5 heteroatoms. The zero-order chi connectivity index (χ0) is 10.4. The molecule has 14 heavy (non-hydrogen) atoms. The summed E-state index contributed by atoms with van der Waals surface area (Å²) < 4.78 is 0.886. The van der Waals surface area contributed by atoms with Crippen LogP contribution in [0.3, 0.4) is 0 Å². The molecule has 0 fully saturated rings. The fourth-order valence-electron chi connectivity index (χ4n) is 0.849. The van der Waals surface area contributed by atoms with Crippen molar-refractivity contribution in [2.75, 3.05) is 11.9 Å². The highest BCUT2D eigenvalue weighted by atomic mass is 79.9. The van der Waals surface area contributed by atoms with E-state index in [9.17, 15) is 4.79 Å². The second-order valence-electron chi connectivity index (χ2n) is 2.74. The predicted molar refractivity (Wildman–Crippen MR) is 59.2 cm³/mol. The molecular formula is C9H12BrN3O. The minimum absolute atomic E-state index is 0.221. The van der Waals surface area contributed by atoms with Gasteiger partial charge in [-0.2, -0.15) is 0 Å². The van der Waals surface area contributed by atoms with Gasteiger partial charge in [-0.05, 0) is 34.5 Å². The van der Waals surface area contributed by atoms with Gasteiger partial charge in [0.15, 0.2) is 0 Å². The number of anilines is 1. The van der Waals surface area contributed by atoms with Crippen LogP contribution < -0.4 is 10.6 Å². The Bertz CT molecular complexity index is 299. The summed E-state index contributed by atoms with van der Waals surface area (Å²) in [5.41, 5.74) is 0. The Labute approximate surface area is 91.2 Å². The zero-order valence-corrected chi connectivity index (χ0v) is 9.47. The molecule has 0 aliphatic heterocycles. The van der Waals surface area contributed by atoms with Crippen molar-refractivity contribution in [3.05, 3.63) is 22.8 Å². The number of aromatic nitrogens is 1. The number of carbonyl (C=O) groups excluding carboxylic acids is 1. The molecule has 4 nitrogen and oxygen atoms in total. The molecule has 0 aliphatic carbocycles. The fraction of sp³-hybridized carbons (Fsp3) is 0.333. The quantitative estimate of drug-likeness (QED) is 0.874. The average Bonchev–Trinajstić information content (AvgIpc) is 2.18. The van der Waals surface area contributed by atoms with Gasteiger partial charge in [0, 0.05) is 17.2 Å². The first kappa shape index (κ1) is 11.0. The van der Waals surface area contributed by atoms with E-state index >= 15 is 0 Å². The van der Waals surface area contributed by atoms with Gasteiger partial charge in [0.1, 0.15) is 5.82 Å². The van der Waals surface area contributed by atoms with Gasteiger partial charge in [0.25, 0.3) is 0 Å². The summed E-state index contributed by atoms with van der Waals surface area (Å²) in [6.07, 6.45) is 2.55. The number of halogens is 1. The van der Waals surface area contributed by atoms with Gasteiger partial charge >= 0.3 is 6.03 Å². The monoisotopic (exact) mass is 257 g/mol. The van der Waals surface area contributed by atoms with E-state index in [0.29, 0.717) is 12.4 Å². The number of rotatable bonds is 3. The summed E-state index contributed by atoms with van der Waals surface area (Å²) >= 11 is 3.26. The van der Waals surface area contributed by atoms with Crippen molar-refractivity contribution in [2.45, 2.75) is 13.3 Å². The first-order valence-corrected chi connectivity index (χ1v) is 5.18. The third-order valence-corrected chi connectivity index (χ3v) is 1.97. The van der Waals surface area contributed by atoms with Crippen molar-refractivity contribution in [1.82, 2.24) is 10.3 Å². The summed E-state index contributed by atoms with van der Waals surface area (Å²) in [7, 11) is 0. The number of urea groups is 1. The summed E-state index contributed by atoms with van der Waals surface area (Å²) in [6.45, 7) is 2.67. The van der Waals surface area contributed by atoms with Gasteiger partial charge in [-0.25, -0.2) is 9.78 Å². The van der Waals surface area contributed by atoms with E-state index in [4.69, 9.17) is 0 Å². The Hall–Kier alpha value is -1.10. The van der Waals surface area contributed by atoms with Gasteiger partial charge in [-0.3, -0.25) is 5.32 Å².